The molecule has 1 saturated heterocycles. The number of hydrogen-bond acceptors (Lipinski definition) is 7. The largest absolute Gasteiger partial charge is 0.364 e. The minimum Gasteiger partial charge on any atom is -0.364 e. The summed E-state index contributed by atoms with van der Waals surface area (Å²) in [6.45, 7) is 5.32. The van der Waals surface area contributed by atoms with Crippen molar-refractivity contribution in [1.29, 1.82) is 0 Å². The molecule has 3 aromatic rings. The van der Waals surface area contributed by atoms with E-state index in [0.29, 0.717) is 18.1 Å². The lowest BCUT2D eigenvalue weighted by Gasteiger charge is -2.32. The summed E-state index contributed by atoms with van der Waals surface area (Å²) < 4.78 is 1.70. The molecule has 9 nitrogen and oxygen atoms in total. The van der Waals surface area contributed by atoms with E-state index in [0.717, 1.165) is 67.3 Å². The van der Waals surface area contributed by atoms with Gasteiger partial charge in [-0.1, -0.05) is 12.1 Å². The number of nitrogens with zero attached hydrogens (tertiary/aromatic N) is 6. The Bertz CT molecular complexity index is 1160. The molecule has 1 aromatic carbocycles. The number of anilines is 2. The van der Waals surface area contributed by atoms with Gasteiger partial charge in [-0.05, 0) is 43.1 Å². The summed E-state index contributed by atoms with van der Waals surface area (Å²) in [5, 5.41) is 7.68. The number of carbonyl (C=O) groups excluding carboxylic acids is 1. The molecular weight excluding hydrogens is 404 g/mol. The number of hydrogen-bond donors (Lipinski definition) is 2. The first-order chi connectivity index (χ1) is 15.5. The molecule has 0 radical (unpaired) electrons. The highest BCUT2D eigenvalue weighted by Crippen LogP contribution is 2.34. The number of nitrogens with two attached hydrogens (primary N) is 1. The normalized spacial score (nSPS) is 16.4. The van der Waals surface area contributed by atoms with Crippen LogP contribution in [0.1, 0.15) is 27.2 Å². The van der Waals surface area contributed by atoms with Gasteiger partial charge in [0.25, 0.3) is 5.91 Å². The lowest BCUT2D eigenvalue weighted by Crippen LogP contribution is -2.43. The van der Waals surface area contributed by atoms with E-state index >= 15 is 0 Å². The van der Waals surface area contributed by atoms with Crippen molar-refractivity contribution in [2.75, 3.05) is 38.5 Å². The molecule has 2 aromatic heterocycles. The van der Waals surface area contributed by atoms with Gasteiger partial charge in [0.15, 0.2) is 5.69 Å². The summed E-state index contributed by atoms with van der Waals surface area (Å²) in [4.78, 5) is 25.9. The van der Waals surface area contributed by atoms with Gasteiger partial charge in [-0.15, -0.1) is 0 Å². The van der Waals surface area contributed by atoms with Gasteiger partial charge in [0.1, 0.15) is 0 Å². The van der Waals surface area contributed by atoms with Crippen molar-refractivity contribution in [1.82, 2.24) is 29.5 Å². The van der Waals surface area contributed by atoms with Crippen LogP contribution in [0, 0.1) is 0 Å². The summed E-state index contributed by atoms with van der Waals surface area (Å²) in [5.41, 5.74) is 11.6. The molecule has 0 bridgehead atoms. The van der Waals surface area contributed by atoms with Gasteiger partial charge >= 0.3 is 0 Å². The number of benzene rings is 1. The van der Waals surface area contributed by atoms with E-state index in [1.807, 2.05) is 19.3 Å². The highest BCUT2D eigenvalue weighted by atomic mass is 16.1. The number of aromatic nitrogens is 4. The Morgan fingerprint density at radius 1 is 1.16 bits per heavy atom. The molecule has 1 aliphatic carbocycles. The van der Waals surface area contributed by atoms with Crippen molar-refractivity contribution in [2.24, 2.45) is 12.8 Å². The SMILES string of the molecule is CN1CCN(Cc2cccc(Nc3ncc4c(n3)-c3c(c(C(N)=O)nn3C)CC4)c2)CC1. The maximum Gasteiger partial charge on any atom is 0.269 e. The van der Waals surface area contributed by atoms with Crippen molar-refractivity contribution >= 4 is 17.5 Å². The van der Waals surface area contributed by atoms with Crippen molar-refractivity contribution in [2.45, 2.75) is 19.4 Å². The Hall–Kier alpha value is -3.30. The Labute approximate surface area is 187 Å². The molecule has 9 heteroatoms. The molecule has 3 N–H and O–H groups in total. The number of fused-ring (bicyclic) bond motifs is 3. The predicted octanol–water partition coefficient (Wildman–Crippen LogP) is 1.57. The van der Waals surface area contributed by atoms with Crippen molar-refractivity contribution in [3.63, 3.8) is 0 Å². The number of likely N-dealkylation sites (N-methyl/N-ethyl adjacent to an activating group) is 1. The first-order valence-electron chi connectivity index (χ1n) is 11.0. The maximum absolute atomic E-state index is 11.8. The minimum atomic E-state index is -0.505. The van der Waals surface area contributed by atoms with Gasteiger partial charge in [0.05, 0.1) is 11.4 Å². The third kappa shape index (κ3) is 3.96. The van der Waals surface area contributed by atoms with Gasteiger partial charge < -0.3 is 16.0 Å². The van der Waals surface area contributed by atoms with Crippen LogP contribution in [0.5, 0.6) is 0 Å². The molecule has 166 valence electrons. The number of aryl methyl sites for hydroxylation is 2. The molecule has 1 fully saturated rings. The van der Waals surface area contributed by atoms with Gasteiger partial charge in [-0.3, -0.25) is 14.4 Å². The monoisotopic (exact) mass is 432 g/mol. The quantitative estimate of drug-likeness (QED) is 0.630. The minimum absolute atomic E-state index is 0.331. The second-order valence-corrected chi connectivity index (χ2v) is 8.64. The van der Waals surface area contributed by atoms with Gasteiger partial charge in [-0.2, -0.15) is 5.10 Å². The van der Waals surface area contributed by atoms with Crippen LogP contribution in [0.25, 0.3) is 11.4 Å². The average molecular weight is 433 g/mol. The fourth-order valence-corrected chi connectivity index (χ4v) is 4.55. The third-order valence-corrected chi connectivity index (χ3v) is 6.30. The van der Waals surface area contributed by atoms with E-state index < -0.39 is 5.91 Å². The molecule has 0 spiro atoms. The van der Waals surface area contributed by atoms with Gasteiger partial charge in [0, 0.05) is 57.2 Å². The van der Waals surface area contributed by atoms with Crippen LogP contribution in [0.2, 0.25) is 0 Å². The number of carbonyl (C=O) groups is 1. The topological polar surface area (TPSA) is 105 Å². The number of amides is 1. The lowest BCUT2D eigenvalue weighted by atomic mass is 9.93. The maximum atomic E-state index is 11.8. The molecule has 32 heavy (non-hydrogen) atoms. The molecule has 0 unspecified atom stereocenters. The van der Waals surface area contributed by atoms with E-state index in [1.54, 1.807) is 4.68 Å². The molecule has 0 saturated carbocycles. The zero-order chi connectivity index (χ0) is 22.2. The Morgan fingerprint density at radius 3 is 2.75 bits per heavy atom. The molecule has 2 aliphatic rings. The number of rotatable bonds is 5. The summed E-state index contributed by atoms with van der Waals surface area (Å²) in [6, 6.07) is 8.40. The highest BCUT2D eigenvalue weighted by Gasteiger charge is 2.28. The second-order valence-electron chi connectivity index (χ2n) is 8.64. The van der Waals surface area contributed by atoms with Crippen molar-refractivity contribution in [3.8, 4) is 11.4 Å². The number of piperazine rings is 1. The fourth-order valence-electron chi connectivity index (χ4n) is 4.55. The van der Waals surface area contributed by atoms with Crippen LogP contribution >= 0.6 is 0 Å². The molecule has 0 atom stereocenters. The highest BCUT2D eigenvalue weighted by molar-refractivity contribution is 5.94. The first kappa shape index (κ1) is 20.6. The Kier molecular flexibility index (Phi) is 5.36. The molecule has 5 rings (SSSR count). The Balaban J connectivity index is 1.38. The van der Waals surface area contributed by atoms with Crippen LogP contribution in [-0.4, -0.2) is 68.7 Å². The average Bonchev–Trinajstić information content (AvgIpc) is 3.13. The van der Waals surface area contributed by atoms with Crippen LogP contribution < -0.4 is 11.1 Å². The van der Waals surface area contributed by atoms with Crippen molar-refractivity contribution in [3.05, 3.63) is 52.8 Å². The first-order valence-corrected chi connectivity index (χ1v) is 11.0. The molecule has 3 heterocycles. The van der Waals surface area contributed by atoms with Crippen LogP contribution in [0.3, 0.4) is 0 Å². The zero-order valence-electron chi connectivity index (χ0n) is 18.5. The third-order valence-electron chi connectivity index (χ3n) is 6.30. The lowest BCUT2D eigenvalue weighted by molar-refractivity contribution is 0.0994. The second kappa shape index (κ2) is 8.33. The number of primary amides is 1. The van der Waals surface area contributed by atoms with E-state index in [9.17, 15) is 4.79 Å². The van der Waals surface area contributed by atoms with E-state index in [4.69, 9.17) is 10.7 Å². The van der Waals surface area contributed by atoms with Crippen LogP contribution in [0.15, 0.2) is 30.5 Å². The summed E-state index contributed by atoms with van der Waals surface area (Å²) in [6.07, 6.45) is 3.33. The smallest absolute Gasteiger partial charge is 0.269 e. The fraction of sp³-hybridized carbons (Fsp3) is 0.391. The molecule has 1 amide bonds. The van der Waals surface area contributed by atoms with Crippen molar-refractivity contribution < 1.29 is 4.79 Å². The summed E-state index contributed by atoms with van der Waals surface area (Å²) >= 11 is 0. The molecule has 1 aliphatic heterocycles. The van der Waals surface area contributed by atoms with E-state index in [2.05, 4.69) is 50.4 Å². The molecular formula is C23H28N8O. The number of nitrogens with one attached hydrogen (secondary N) is 1. The predicted molar refractivity (Wildman–Crippen MR) is 123 cm³/mol. The summed E-state index contributed by atoms with van der Waals surface area (Å²) in [5.74, 6) is 0.0186. The zero-order valence-corrected chi connectivity index (χ0v) is 18.5. The van der Waals surface area contributed by atoms with Crippen LogP contribution in [0.4, 0.5) is 11.6 Å². The van der Waals surface area contributed by atoms with E-state index in [-0.39, 0.29) is 0 Å². The standard InChI is InChI=1S/C23H28N8O/c1-29-8-10-31(11-9-29)14-15-4-3-5-17(12-15)26-23-25-13-16-6-7-18-20(22(24)32)28-30(2)21(18)19(16)27-23/h3-5,12-13H,6-11,14H2,1-2H3,(H2,24,32)(H,25,26,27). The van der Waals surface area contributed by atoms with Gasteiger partial charge in [-0.25, -0.2) is 9.97 Å². The summed E-state index contributed by atoms with van der Waals surface area (Å²) in [7, 11) is 3.99. The van der Waals surface area contributed by atoms with Crippen LogP contribution in [-0.2, 0) is 26.4 Å². The van der Waals surface area contributed by atoms with Gasteiger partial charge in [0.2, 0.25) is 5.95 Å². The Morgan fingerprint density at radius 2 is 1.97 bits per heavy atom. The van der Waals surface area contributed by atoms with E-state index in [1.165, 1.54) is 5.56 Å².